The van der Waals surface area contributed by atoms with E-state index in [1.807, 2.05) is 0 Å². The maximum Gasteiger partial charge on any atom is 0.331 e. The molecule has 7 heteroatoms. The Hall–Kier alpha value is -3.22. The van der Waals surface area contributed by atoms with Gasteiger partial charge in [-0.3, -0.25) is 4.79 Å². The van der Waals surface area contributed by atoms with Crippen LogP contribution in [0.3, 0.4) is 0 Å². The number of aryl methyl sites for hydroxylation is 1. The van der Waals surface area contributed by atoms with E-state index in [0.29, 0.717) is 36.2 Å². The summed E-state index contributed by atoms with van der Waals surface area (Å²) in [5.41, 5.74) is 0.534. The van der Waals surface area contributed by atoms with E-state index in [1.54, 1.807) is 37.3 Å². The van der Waals surface area contributed by atoms with Crippen molar-refractivity contribution in [2.45, 2.75) is 6.92 Å². The van der Waals surface area contributed by atoms with Crippen molar-refractivity contribution in [3.8, 4) is 11.5 Å². The van der Waals surface area contributed by atoms with Crippen molar-refractivity contribution < 1.29 is 28.2 Å². The van der Waals surface area contributed by atoms with Crippen molar-refractivity contribution in [3.05, 3.63) is 47.9 Å². The highest BCUT2D eigenvalue weighted by atomic mass is 16.6. The third-order valence-corrected chi connectivity index (χ3v) is 3.32. The van der Waals surface area contributed by atoms with Crippen molar-refractivity contribution >= 4 is 23.6 Å². The van der Waals surface area contributed by atoms with E-state index in [-0.39, 0.29) is 0 Å². The number of esters is 1. The van der Waals surface area contributed by atoms with Crippen LogP contribution in [0.1, 0.15) is 11.5 Å². The maximum atomic E-state index is 11.9. The number of rotatable bonds is 5. The highest BCUT2D eigenvalue weighted by Crippen LogP contribution is 2.32. The summed E-state index contributed by atoms with van der Waals surface area (Å²) in [6.45, 7) is 2.37. The Morgan fingerprint density at radius 1 is 1.16 bits per heavy atom. The van der Waals surface area contributed by atoms with Gasteiger partial charge in [0.1, 0.15) is 24.7 Å². The van der Waals surface area contributed by atoms with Gasteiger partial charge >= 0.3 is 5.97 Å². The predicted molar refractivity (Wildman–Crippen MR) is 89.5 cm³/mol. The fourth-order valence-corrected chi connectivity index (χ4v) is 2.20. The summed E-state index contributed by atoms with van der Waals surface area (Å²) in [7, 11) is 0. The molecule has 3 rings (SSSR count). The standard InChI is InChI=1S/C18H17NO6/c1-12-2-4-14(25-12)5-7-18(21)24-11-17(20)19-13-3-6-15-16(10-13)23-9-8-22-15/h2-7,10H,8-9,11H2,1H3,(H,19,20). The number of hydrogen-bond acceptors (Lipinski definition) is 6. The summed E-state index contributed by atoms with van der Waals surface area (Å²) in [5, 5.41) is 2.63. The van der Waals surface area contributed by atoms with Gasteiger partial charge in [0.25, 0.3) is 5.91 Å². The summed E-state index contributed by atoms with van der Waals surface area (Å²) < 4.78 is 21.0. The molecule has 1 amide bonds. The largest absolute Gasteiger partial charge is 0.486 e. The van der Waals surface area contributed by atoms with Gasteiger partial charge in [-0.1, -0.05) is 0 Å². The molecule has 7 nitrogen and oxygen atoms in total. The van der Waals surface area contributed by atoms with Crippen LogP contribution in [-0.4, -0.2) is 31.7 Å². The zero-order chi connectivity index (χ0) is 17.6. The lowest BCUT2D eigenvalue weighted by Crippen LogP contribution is -2.20. The minimum Gasteiger partial charge on any atom is -0.486 e. The minimum absolute atomic E-state index is 0.394. The first-order valence-corrected chi connectivity index (χ1v) is 7.71. The Kier molecular flexibility index (Phi) is 5.03. The van der Waals surface area contributed by atoms with E-state index in [1.165, 1.54) is 12.2 Å². The number of hydrogen-bond donors (Lipinski definition) is 1. The Labute approximate surface area is 144 Å². The highest BCUT2D eigenvalue weighted by Gasteiger charge is 2.13. The zero-order valence-electron chi connectivity index (χ0n) is 13.6. The fourth-order valence-electron chi connectivity index (χ4n) is 2.20. The molecule has 0 saturated carbocycles. The number of furan rings is 1. The van der Waals surface area contributed by atoms with Crippen molar-refractivity contribution in [1.29, 1.82) is 0 Å². The van der Waals surface area contributed by atoms with Crippen LogP contribution in [0.25, 0.3) is 6.08 Å². The number of nitrogens with one attached hydrogen (secondary N) is 1. The zero-order valence-corrected chi connectivity index (χ0v) is 13.6. The summed E-state index contributed by atoms with van der Waals surface area (Å²) in [6.07, 6.45) is 2.68. The molecule has 0 spiro atoms. The van der Waals surface area contributed by atoms with Crippen LogP contribution in [0, 0.1) is 6.92 Å². The molecule has 0 unspecified atom stereocenters. The second kappa shape index (κ2) is 7.57. The predicted octanol–water partition coefficient (Wildman–Crippen LogP) is 2.55. The first-order chi connectivity index (χ1) is 12.1. The van der Waals surface area contributed by atoms with Crippen LogP contribution in [0.2, 0.25) is 0 Å². The molecule has 1 aromatic heterocycles. The monoisotopic (exact) mass is 343 g/mol. The molecule has 2 aromatic rings. The number of anilines is 1. The van der Waals surface area contributed by atoms with E-state index in [0.717, 1.165) is 5.76 Å². The van der Waals surface area contributed by atoms with Gasteiger partial charge in [0.15, 0.2) is 18.1 Å². The number of amides is 1. The minimum atomic E-state index is -0.633. The fraction of sp³-hybridized carbons (Fsp3) is 0.222. The second-order valence-electron chi connectivity index (χ2n) is 5.30. The van der Waals surface area contributed by atoms with Gasteiger partial charge in [-0.2, -0.15) is 0 Å². The number of carbonyl (C=O) groups excluding carboxylic acids is 2. The molecule has 0 aliphatic carbocycles. The Balaban J connectivity index is 1.47. The van der Waals surface area contributed by atoms with Crippen molar-refractivity contribution in [2.24, 2.45) is 0 Å². The van der Waals surface area contributed by atoms with Crippen LogP contribution >= 0.6 is 0 Å². The number of carbonyl (C=O) groups is 2. The highest BCUT2D eigenvalue weighted by molar-refractivity contribution is 5.94. The lowest BCUT2D eigenvalue weighted by atomic mass is 10.2. The summed E-state index contributed by atoms with van der Waals surface area (Å²) in [6, 6.07) is 8.57. The molecule has 1 aromatic carbocycles. The number of benzene rings is 1. The summed E-state index contributed by atoms with van der Waals surface area (Å²) >= 11 is 0. The van der Waals surface area contributed by atoms with E-state index in [2.05, 4.69) is 5.32 Å². The van der Waals surface area contributed by atoms with E-state index in [9.17, 15) is 9.59 Å². The number of ether oxygens (including phenoxy) is 3. The topological polar surface area (TPSA) is 87.0 Å². The molecule has 1 aliphatic heterocycles. The van der Waals surface area contributed by atoms with Crippen LogP contribution in [-0.2, 0) is 14.3 Å². The third kappa shape index (κ3) is 4.63. The van der Waals surface area contributed by atoms with E-state index in [4.69, 9.17) is 18.6 Å². The van der Waals surface area contributed by atoms with Crippen LogP contribution in [0.15, 0.2) is 40.8 Å². The molecule has 1 N–H and O–H groups in total. The molecule has 130 valence electrons. The summed E-state index contributed by atoms with van der Waals surface area (Å²) in [4.78, 5) is 23.5. The van der Waals surface area contributed by atoms with Gasteiger partial charge in [-0.15, -0.1) is 0 Å². The lowest BCUT2D eigenvalue weighted by molar-refractivity contribution is -0.142. The average Bonchev–Trinajstić information content (AvgIpc) is 3.03. The van der Waals surface area contributed by atoms with Crippen LogP contribution in [0.5, 0.6) is 11.5 Å². The second-order valence-corrected chi connectivity index (χ2v) is 5.30. The van der Waals surface area contributed by atoms with Gasteiger partial charge in [-0.25, -0.2) is 4.79 Å². The molecule has 0 atom stereocenters. The number of fused-ring (bicyclic) bond motifs is 1. The van der Waals surface area contributed by atoms with Crippen molar-refractivity contribution in [1.82, 2.24) is 0 Å². The maximum absolute atomic E-state index is 11.9. The van der Waals surface area contributed by atoms with E-state index < -0.39 is 18.5 Å². The molecular formula is C18H17NO6. The molecule has 25 heavy (non-hydrogen) atoms. The van der Waals surface area contributed by atoms with Crippen molar-refractivity contribution in [3.63, 3.8) is 0 Å². The molecule has 2 heterocycles. The van der Waals surface area contributed by atoms with Gasteiger partial charge in [0.2, 0.25) is 0 Å². The Morgan fingerprint density at radius 2 is 1.96 bits per heavy atom. The van der Waals surface area contributed by atoms with Gasteiger partial charge in [0, 0.05) is 17.8 Å². The van der Waals surface area contributed by atoms with Crippen molar-refractivity contribution in [2.75, 3.05) is 25.1 Å². The van der Waals surface area contributed by atoms with Gasteiger partial charge in [0.05, 0.1) is 0 Å². The molecule has 0 bridgehead atoms. The van der Waals surface area contributed by atoms with E-state index >= 15 is 0 Å². The first-order valence-electron chi connectivity index (χ1n) is 7.71. The third-order valence-electron chi connectivity index (χ3n) is 3.32. The molecular weight excluding hydrogens is 326 g/mol. The first kappa shape index (κ1) is 16.6. The Bertz CT molecular complexity index is 808. The van der Waals surface area contributed by atoms with Gasteiger partial charge in [-0.05, 0) is 37.3 Å². The Morgan fingerprint density at radius 3 is 2.72 bits per heavy atom. The summed E-state index contributed by atoms with van der Waals surface area (Å²) in [5.74, 6) is 1.40. The molecule has 1 aliphatic rings. The quantitative estimate of drug-likeness (QED) is 0.663. The lowest BCUT2D eigenvalue weighted by Gasteiger charge is -2.18. The normalized spacial score (nSPS) is 12.8. The molecule has 0 radical (unpaired) electrons. The van der Waals surface area contributed by atoms with Gasteiger partial charge < -0.3 is 23.9 Å². The van der Waals surface area contributed by atoms with Crippen LogP contribution in [0.4, 0.5) is 5.69 Å². The van der Waals surface area contributed by atoms with Crippen LogP contribution < -0.4 is 14.8 Å². The SMILES string of the molecule is Cc1ccc(C=CC(=O)OCC(=O)Nc2ccc3c(c2)OCCO3)o1. The average molecular weight is 343 g/mol. The molecule has 0 fully saturated rings. The molecule has 0 saturated heterocycles. The smallest absolute Gasteiger partial charge is 0.331 e.